The van der Waals surface area contributed by atoms with Crippen molar-refractivity contribution in [2.24, 2.45) is 4.99 Å². The SMILES string of the molecule is CCNC(=NCc1ccc(C(=O)N(C)C)cc1)NCc1ccccc1OCC.I. The van der Waals surface area contributed by atoms with Crippen molar-refractivity contribution in [3.8, 4) is 5.75 Å². The highest BCUT2D eigenvalue weighted by Gasteiger charge is 2.07. The van der Waals surface area contributed by atoms with Gasteiger partial charge in [0.1, 0.15) is 5.75 Å². The molecular weight excluding hydrogens is 479 g/mol. The lowest BCUT2D eigenvalue weighted by Crippen LogP contribution is -2.36. The smallest absolute Gasteiger partial charge is 0.253 e. The van der Waals surface area contributed by atoms with E-state index < -0.39 is 0 Å². The molecule has 1 amide bonds. The summed E-state index contributed by atoms with van der Waals surface area (Å²) in [5, 5.41) is 6.61. The average Bonchev–Trinajstić information content (AvgIpc) is 2.71. The highest BCUT2D eigenvalue weighted by molar-refractivity contribution is 14.0. The number of amides is 1. The summed E-state index contributed by atoms with van der Waals surface area (Å²) >= 11 is 0. The number of carbonyl (C=O) groups excluding carboxylic acids is 1. The Morgan fingerprint density at radius 3 is 2.34 bits per heavy atom. The van der Waals surface area contributed by atoms with E-state index in [1.54, 1.807) is 19.0 Å². The van der Waals surface area contributed by atoms with Gasteiger partial charge in [-0.2, -0.15) is 0 Å². The summed E-state index contributed by atoms with van der Waals surface area (Å²) in [6.07, 6.45) is 0. The van der Waals surface area contributed by atoms with Crippen LogP contribution in [0.2, 0.25) is 0 Å². The lowest BCUT2D eigenvalue weighted by molar-refractivity contribution is 0.0827. The van der Waals surface area contributed by atoms with Crippen LogP contribution in [0, 0.1) is 0 Å². The fourth-order valence-electron chi connectivity index (χ4n) is 2.65. The number of aliphatic imine (C=N–C) groups is 1. The number of halogens is 1. The number of para-hydroxylation sites is 1. The van der Waals surface area contributed by atoms with Crippen molar-refractivity contribution in [1.29, 1.82) is 0 Å². The molecule has 0 unspecified atom stereocenters. The lowest BCUT2D eigenvalue weighted by atomic mass is 10.1. The van der Waals surface area contributed by atoms with Crippen molar-refractivity contribution in [3.63, 3.8) is 0 Å². The Labute approximate surface area is 190 Å². The quantitative estimate of drug-likeness (QED) is 0.323. The summed E-state index contributed by atoms with van der Waals surface area (Å²) in [5.74, 6) is 1.62. The molecule has 29 heavy (non-hydrogen) atoms. The van der Waals surface area contributed by atoms with Crippen molar-refractivity contribution in [2.75, 3.05) is 27.2 Å². The van der Waals surface area contributed by atoms with Gasteiger partial charge in [-0.25, -0.2) is 4.99 Å². The zero-order chi connectivity index (χ0) is 20.4. The molecule has 158 valence electrons. The van der Waals surface area contributed by atoms with Crippen LogP contribution in [0.25, 0.3) is 0 Å². The van der Waals surface area contributed by atoms with Crippen LogP contribution in [0.1, 0.15) is 35.3 Å². The van der Waals surface area contributed by atoms with Gasteiger partial charge in [-0.3, -0.25) is 4.79 Å². The van der Waals surface area contributed by atoms with Gasteiger partial charge in [0.15, 0.2) is 5.96 Å². The fraction of sp³-hybridized carbons (Fsp3) is 0.364. The van der Waals surface area contributed by atoms with E-state index in [1.165, 1.54) is 0 Å². The molecule has 2 rings (SSSR count). The van der Waals surface area contributed by atoms with Crippen LogP contribution in [0.3, 0.4) is 0 Å². The first kappa shape index (κ1) is 24.7. The molecule has 7 heteroatoms. The number of hydrogen-bond donors (Lipinski definition) is 2. The first-order valence-electron chi connectivity index (χ1n) is 9.58. The molecular formula is C22H31IN4O2. The van der Waals surface area contributed by atoms with Gasteiger partial charge in [0.05, 0.1) is 13.2 Å². The summed E-state index contributed by atoms with van der Waals surface area (Å²) < 4.78 is 5.67. The maximum absolute atomic E-state index is 12.0. The van der Waals surface area contributed by atoms with E-state index in [9.17, 15) is 4.79 Å². The number of nitrogens with zero attached hydrogens (tertiary/aromatic N) is 2. The molecule has 0 saturated heterocycles. The van der Waals surface area contributed by atoms with Crippen molar-refractivity contribution >= 4 is 35.8 Å². The molecule has 0 aliphatic carbocycles. The molecule has 0 saturated carbocycles. The zero-order valence-electron chi connectivity index (χ0n) is 17.6. The molecule has 6 nitrogen and oxygen atoms in total. The van der Waals surface area contributed by atoms with E-state index in [-0.39, 0.29) is 29.9 Å². The van der Waals surface area contributed by atoms with Crippen LogP contribution >= 0.6 is 24.0 Å². The highest BCUT2D eigenvalue weighted by Crippen LogP contribution is 2.17. The second kappa shape index (κ2) is 13.0. The monoisotopic (exact) mass is 510 g/mol. The second-order valence-corrected chi connectivity index (χ2v) is 6.49. The van der Waals surface area contributed by atoms with Gasteiger partial charge >= 0.3 is 0 Å². The van der Waals surface area contributed by atoms with E-state index >= 15 is 0 Å². The zero-order valence-corrected chi connectivity index (χ0v) is 19.9. The van der Waals surface area contributed by atoms with Gasteiger partial charge in [0.25, 0.3) is 5.91 Å². The minimum Gasteiger partial charge on any atom is -0.494 e. The van der Waals surface area contributed by atoms with Crippen molar-refractivity contribution < 1.29 is 9.53 Å². The molecule has 0 spiro atoms. The van der Waals surface area contributed by atoms with Crippen molar-refractivity contribution in [1.82, 2.24) is 15.5 Å². The summed E-state index contributed by atoms with van der Waals surface area (Å²) in [5.41, 5.74) is 2.80. The first-order chi connectivity index (χ1) is 13.5. The molecule has 0 fully saturated rings. The topological polar surface area (TPSA) is 66.0 Å². The normalized spacial score (nSPS) is 10.7. The Kier molecular flexibility index (Phi) is 11.1. The number of hydrogen-bond acceptors (Lipinski definition) is 3. The molecule has 2 N–H and O–H groups in total. The molecule has 0 aliphatic rings. The number of guanidine groups is 1. The van der Waals surface area contributed by atoms with Gasteiger partial charge in [0, 0.05) is 38.3 Å². The number of carbonyl (C=O) groups is 1. The van der Waals surface area contributed by atoms with Crippen LogP contribution in [0.5, 0.6) is 5.75 Å². The largest absolute Gasteiger partial charge is 0.494 e. The molecule has 0 radical (unpaired) electrons. The van der Waals surface area contributed by atoms with Gasteiger partial charge < -0.3 is 20.3 Å². The van der Waals surface area contributed by atoms with E-state index in [1.807, 2.05) is 62.4 Å². The third-order valence-electron chi connectivity index (χ3n) is 4.09. The van der Waals surface area contributed by atoms with Crippen LogP contribution in [-0.4, -0.2) is 44.0 Å². The maximum atomic E-state index is 12.0. The van der Waals surface area contributed by atoms with Gasteiger partial charge in [0.2, 0.25) is 0 Å². The summed E-state index contributed by atoms with van der Waals surface area (Å²) in [7, 11) is 3.50. The minimum absolute atomic E-state index is 0. The molecule has 2 aromatic carbocycles. The molecule has 0 aromatic heterocycles. The summed E-state index contributed by atoms with van der Waals surface area (Å²) in [6, 6.07) is 15.5. The number of benzene rings is 2. The maximum Gasteiger partial charge on any atom is 0.253 e. The Hall–Kier alpha value is -2.29. The fourth-order valence-corrected chi connectivity index (χ4v) is 2.65. The molecule has 2 aromatic rings. The van der Waals surface area contributed by atoms with Crippen molar-refractivity contribution in [2.45, 2.75) is 26.9 Å². The summed E-state index contributed by atoms with van der Waals surface area (Å²) in [4.78, 5) is 18.2. The number of ether oxygens (including phenoxy) is 1. The van der Waals surface area contributed by atoms with Crippen LogP contribution in [0.4, 0.5) is 0 Å². The van der Waals surface area contributed by atoms with Crippen LogP contribution in [-0.2, 0) is 13.1 Å². The van der Waals surface area contributed by atoms with Crippen LogP contribution < -0.4 is 15.4 Å². The molecule has 0 bridgehead atoms. The third kappa shape index (κ3) is 7.92. The van der Waals surface area contributed by atoms with Crippen molar-refractivity contribution in [3.05, 3.63) is 65.2 Å². The minimum atomic E-state index is -0.00183. The Morgan fingerprint density at radius 1 is 1.03 bits per heavy atom. The van der Waals surface area contributed by atoms with Crippen LogP contribution in [0.15, 0.2) is 53.5 Å². The average molecular weight is 510 g/mol. The second-order valence-electron chi connectivity index (χ2n) is 6.49. The Bertz CT molecular complexity index is 792. The standard InChI is InChI=1S/C22H30N4O2.HI/c1-5-23-22(25-16-19-9-7-8-10-20(19)28-6-2)24-15-17-11-13-18(14-12-17)21(27)26(3)4;/h7-14H,5-6,15-16H2,1-4H3,(H2,23,24,25);1H. The van der Waals surface area contributed by atoms with E-state index in [0.717, 1.165) is 29.4 Å². The Balaban J connectivity index is 0.00000420. The molecule has 0 atom stereocenters. The molecule has 0 heterocycles. The lowest BCUT2D eigenvalue weighted by Gasteiger charge is -2.14. The van der Waals surface area contributed by atoms with Gasteiger partial charge in [-0.1, -0.05) is 30.3 Å². The predicted octanol–water partition coefficient (Wildman–Crippen LogP) is 3.66. The number of nitrogens with one attached hydrogen (secondary N) is 2. The molecule has 0 aliphatic heterocycles. The van der Waals surface area contributed by atoms with E-state index in [4.69, 9.17) is 4.74 Å². The highest BCUT2D eigenvalue weighted by atomic mass is 127. The van der Waals surface area contributed by atoms with E-state index in [2.05, 4.69) is 15.6 Å². The Morgan fingerprint density at radius 2 is 1.72 bits per heavy atom. The number of rotatable bonds is 8. The third-order valence-corrected chi connectivity index (χ3v) is 4.09. The first-order valence-corrected chi connectivity index (χ1v) is 9.58. The predicted molar refractivity (Wildman–Crippen MR) is 129 cm³/mol. The van der Waals surface area contributed by atoms with Gasteiger partial charge in [-0.05, 0) is 37.6 Å². The van der Waals surface area contributed by atoms with Gasteiger partial charge in [-0.15, -0.1) is 24.0 Å². The summed E-state index contributed by atoms with van der Waals surface area (Å²) in [6.45, 7) is 6.57. The van der Waals surface area contributed by atoms with E-state index in [0.29, 0.717) is 25.3 Å².